The third-order valence-electron chi connectivity index (χ3n) is 18.0. The standard InChI is InChI=1S/C84H126N6O12/c1-10-19-28-37-46-91-70-58-67(59-71(92-47-38-29-20-11-2)76(70)97-52-43-34-25-16-7)82-88-85-79(100-82)64-55-65(80-86-89-83(101-80)68-60-72(93-48-39-30-21-12-3)77(98-53-44-35-26-17-8)73(61-68)94-49-40-31-22-13-4)57-66(56-64)81-87-90-84(102-81)69-62-74(95-50-41-32-23-14-5)78(99-54-45-36-27-18-9)75(63-69)96-51-42-33-24-15-6/h55-63H,10-54H2,1-9H3. The average molecular weight is 1410 g/mol. The molecule has 4 aromatic carbocycles. The number of aromatic nitrogens is 6. The van der Waals surface area contributed by atoms with Gasteiger partial charge in [0.1, 0.15) is 0 Å². The number of hydrogen-bond acceptors (Lipinski definition) is 18. The summed E-state index contributed by atoms with van der Waals surface area (Å²) < 4.78 is 79.9. The van der Waals surface area contributed by atoms with Crippen molar-refractivity contribution in [2.75, 3.05) is 59.5 Å². The molecule has 0 aliphatic heterocycles. The molecular formula is C84H126N6O12. The van der Waals surface area contributed by atoms with Gasteiger partial charge in [-0.05, 0) is 112 Å². The largest absolute Gasteiger partial charge is 0.490 e. The van der Waals surface area contributed by atoms with Crippen LogP contribution in [0.2, 0.25) is 0 Å². The quantitative estimate of drug-likeness (QED) is 0.0326. The highest BCUT2D eigenvalue weighted by atomic mass is 16.6. The van der Waals surface area contributed by atoms with Crippen LogP contribution < -0.4 is 42.6 Å². The summed E-state index contributed by atoms with van der Waals surface area (Å²) in [5.41, 5.74) is 3.47. The molecule has 0 aliphatic rings. The maximum absolute atomic E-state index is 6.77. The number of rotatable bonds is 60. The molecule has 18 nitrogen and oxygen atoms in total. The summed E-state index contributed by atoms with van der Waals surface area (Å²) in [6, 6.07) is 17.3. The Labute approximate surface area is 611 Å². The lowest BCUT2D eigenvalue weighted by Crippen LogP contribution is -2.06. The molecule has 3 heterocycles. The van der Waals surface area contributed by atoms with Crippen LogP contribution in [0.15, 0.2) is 67.8 Å². The van der Waals surface area contributed by atoms with Gasteiger partial charge in [-0.3, -0.25) is 0 Å². The van der Waals surface area contributed by atoms with Crippen LogP contribution >= 0.6 is 0 Å². The SMILES string of the molecule is CCCCCCOc1cc(-c2nnc(-c3cc(-c4nnc(-c5cc(OCCCCCC)c(OCCCCCC)c(OCCCCCC)c5)o4)cc(-c4nnc(-c5cc(OCCCCCC)c(OCCCCCC)c(OCCCCCC)c5)o4)c3)o2)cc(OCCCCCC)c1OCCCCCC. The second-order valence-corrected chi connectivity index (χ2v) is 27.1. The van der Waals surface area contributed by atoms with Crippen LogP contribution in [0.1, 0.15) is 293 Å². The second kappa shape index (κ2) is 49.2. The molecule has 0 N–H and O–H groups in total. The maximum Gasteiger partial charge on any atom is 0.248 e. The Morgan fingerprint density at radius 1 is 0.186 bits per heavy atom. The smallest absolute Gasteiger partial charge is 0.248 e. The van der Waals surface area contributed by atoms with E-state index in [2.05, 4.69) is 62.3 Å². The third-order valence-corrected chi connectivity index (χ3v) is 18.0. The maximum atomic E-state index is 6.77. The van der Waals surface area contributed by atoms with Gasteiger partial charge in [0.15, 0.2) is 34.5 Å². The Balaban J connectivity index is 1.36. The highest BCUT2D eigenvalue weighted by Crippen LogP contribution is 2.47. The minimum atomic E-state index is 0.214. The molecular weight excluding hydrogens is 1280 g/mol. The molecule has 18 heteroatoms. The van der Waals surface area contributed by atoms with Crippen molar-refractivity contribution >= 4 is 0 Å². The molecule has 7 rings (SSSR count). The van der Waals surface area contributed by atoms with Crippen molar-refractivity contribution in [3.05, 3.63) is 54.6 Å². The minimum Gasteiger partial charge on any atom is -0.490 e. The molecule has 0 spiro atoms. The fourth-order valence-corrected chi connectivity index (χ4v) is 11.9. The molecule has 0 aliphatic carbocycles. The van der Waals surface area contributed by atoms with Crippen molar-refractivity contribution in [2.45, 2.75) is 293 Å². The van der Waals surface area contributed by atoms with Gasteiger partial charge in [-0.15, -0.1) is 30.6 Å². The second-order valence-electron chi connectivity index (χ2n) is 27.1. The van der Waals surface area contributed by atoms with Crippen molar-refractivity contribution in [1.29, 1.82) is 0 Å². The topological polar surface area (TPSA) is 200 Å². The summed E-state index contributed by atoms with van der Waals surface area (Å²) in [5.74, 6) is 6.67. The molecule has 0 radical (unpaired) electrons. The molecule has 7 aromatic rings. The van der Waals surface area contributed by atoms with Gasteiger partial charge in [0.25, 0.3) is 0 Å². The zero-order valence-electron chi connectivity index (χ0n) is 64.1. The van der Waals surface area contributed by atoms with Crippen LogP contribution in [0.4, 0.5) is 0 Å². The fourth-order valence-electron chi connectivity index (χ4n) is 11.9. The molecule has 0 atom stereocenters. The molecule has 0 amide bonds. The van der Waals surface area contributed by atoms with E-state index in [0.717, 1.165) is 231 Å². The lowest BCUT2D eigenvalue weighted by Gasteiger charge is -2.18. The lowest BCUT2D eigenvalue weighted by atomic mass is 10.1. The van der Waals surface area contributed by atoms with Crippen LogP contribution in [0.3, 0.4) is 0 Å². The van der Waals surface area contributed by atoms with Gasteiger partial charge in [-0.2, -0.15) is 0 Å². The highest BCUT2D eigenvalue weighted by molar-refractivity contribution is 5.76. The average Bonchev–Trinajstić information content (AvgIpc) is 1.60. The Kier molecular flexibility index (Phi) is 39.5. The van der Waals surface area contributed by atoms with E-state index in [0.29, 0.717) is 145 Å². The zero-order valence-corrected chi connectivity index (χ0v) is 64.1. The summed E-state index contributed by atoms with van der Waals surface area (Å²) in [6.45, 7) is 24.7. The van der Waals surface area contributed by atoms with Gasteiger partial charge >= 0.3 is 0 Å². The van der Waals surface area contributed by atoms with E-state index in [1.54, 1.807) is 0 Å². The number of nitrogens with zero attached hydrogens (tertiary/aromatic N) is 6. The first kappa shape index (κ1) is 81.8. The predicted molar refractivity (Wildman–Crippen MR) is 409 cm³/mol. The van der Waals surface area contributed by atoms with Gasteiger partial charge in [0, 0.05) is 33.4 Å². The summed E-state index contributed by atoms with van der Waals surface area (Å²) in [5, 5.41) is 28.4. The van der Waals surface area contributed by atoms with Gasteiger partial charge < -0.3 is 55.9 Å². The Bertz CT molecular complexity index is 2910. The van der Waals surface area contributed by atoms with Crippen LogP contribution in [0.25, 0.3) is 68.7 Å². The monoisotopic (exact) mass is 1410 g/mol. The van der Waals surface area contributed by atoms with Crippen molar-refractivity contribution < 1.29 is 55.9 Å². The first-order valence-corrected chi connectivity index (χ1v) is 40.2. The molecule has 102 heavy (non-hydrogen) atoms. The summed E-state index contributed by atoms with van der Waals surface area (Å²) >= 11 is 0. The first-order chi connectivity index (χ1) is 50.3. The number of hydrogen-bond donors (Lipinski definition) is 0. The normalized spacial score (nSPS) is 11.4. The lowest BCUT2D eigenvalue weighted by molar-refractivity contribution is 0.234. The van der Waals surface area contributed by atoms with E-state index in [9.17, 15) is 0 Å². The summed E-state index contributed by atoms with van der Waals surface area (Å²) in [7, 11) is 0. The van der Waals surface area contributed by atoms with E-state index in [1.807, 2.05) is 54.6 Å². The van der Waals surface area contributed by atoms with E-state index in [1.165, 1.54) is 0 Å². The Hall–Kier alpha value is -7.50. The van der Waals surface area contributed by atoms with E-state index in [4.69, 9.17) is 86.5 Å². The summed E-state index contributed by atoms with van der Waals surface area (Å²) in [6.07, 6.45) is 38.2. The molecule has 0 fully saturated rings. The molecule has 3 aromatic heterocycles. The number of benzene rings is 4. The van der Waals surface area contributed by atoms with Gasteiger partial charge in [-0.1, -0.05) is 236 Å². The van der Waals surface area contributed by atoms with Gasteiger partial charge in [0.2, 0.25) is 52.6 Å². The molecule has 564 valence electrons. The number of unbranched alkanes of at least 4 members (excludes halogenated alkanes) is 27. The van der Waals surface area contributed by atoms with Crippen LogP contribution in [-0.2, 0) is 0 Å². The highest BCUT2D eigenvalue weighted by Gasteiger charge is 2.26. The predicted octanol–water partition coefficient (Wildman–Crippen LogP) is 24.5. The van der Waals surface area contributed by atoms with E-state index >= 15 is 0 Å². The molecule has 0 saturated heterocycles. The first-order valence-electron chi connectivity index (χ1n) is 40.2. The van der Waals surface area contributed by atoms with Gasteiger partial charge in [0.05, 0.1) is 59.5 Å². The van der Waals surface area contributed by atoms with Crippen LogP contribution in [0, 0.1) is 0 Å². The van der Waals surface area contributed by atoms with E-state index < -0.39 is 0 Å². The third kappa shape index (κ3) is 27.9. The Morgan fingerprint density at radius 2 is 0.333 bits per heavy atom. The van der Waals surface area contributed by atoms with Crippen LogP contribution in [-0.4, -0.2) is 90.1 Å². The molecule has 0 bridgehead atoms. The zero-order chi connectivity index (χ0) is 72.0. The van der Waals surface area contributed by atoms with Crippen molar-refractivity contribution in [3.63, 3.8) is 0 Å². The summed E-state index contributed by atoms with van der Waals surface area (Å²) in [4.78, 5) is 0. The fraction of sp³-hybridized carbons (Fsp3) is 0.643. The van der Waals surface area contributed by atoms with E-state index in [-0.39, 0.29) is 35.3 Å². The Morgan fingerprint density at radius 3 is 0.490 bits per heavy atom. The van der Waals surface area contributed by atoms with Crippen molar-refractivity contribution in [2.24, 2.45) is 0 Å². The van der Waals surface area contributed by atoms with Crippen molar-refractivity contribution in [1.82, 2.24) is 30.6 Å². The van der Waals surface area contributed by atoms with Crippen LogP contribution in [0.5, 0.6) is 51.7 Å². The molecule has 0 saturated carbocycles. The minimum absolute atomic E-state index is 0.214. The van der Waals surface area contributed by atoms with Gasteiger partial charge in [-0.25, -0.2) is 0 Å². The number of ether oxygens (including phenoxy) is 9. The van der Waals surface area contributed by atoms with Crippen molar-refractivity contribution in [3.8, 4) is 120 Å². The molecule has 0 unspecified atom stereocenters.